The summed E-state index contributed by atoms with van der Waals surface area (Å²) in [7, 11) is 0. The zero-order chi connectivity index (χ0) is 15.2. The van der Waals surface area contributed by atoms with Crippen LogP contribution in [0, 0.1) is 18.8 Å². The third kappa shape index (κ3) is 5.77. The molecule has 0 bridgehead atoms. The summed E-state index contributed by atoms with van der Waals surface area (Å²) < 4.78 is 5.64. The maximum absolute atomic E-state index is 10.1. The molecular formula is C18H29NO2. The summed E-state index contributed by atoms with van der Waals surface area (Å²) in [5.74, 6) is 1.46. The summed E-state index contributed by atoms with van der Waals surface area (Å²) >= 11 is 0. The van der Waals surface area contributed by atoms with E-state index in [4.69, 9.17) is 4.74 Å². The fraction of sp³-hybridized carbons (Fsp3) is 0.667. The minimum atomic E-state index is -0.395. The van der Waals surface area contributed by atoms with Crippen LogP contribution in [0.3, 0.4) is 0 Å². The van der Waals surface area contributed by atoms with Crippen molar-refractivity contribution < 1.29 is 9.84 Å². The van der Waals surface area contributed by atoms with Gasteiger partial charge in [0.2, 0.25) is 0 Å². The second kappa shape index (κ2) is 7.92. The van der Waals surface area contributed by atoms with E-state index in [0.29, 0.717) is 13.2 Å². The molecule has 1 aliphatic rings. The highest BCUT2D eigenvalue weighted by molar-refractivity contribution is 5.20. The lowest BCUT2D eigenvalue weighted by Crippen LogP contribution is -2.43. The fourth-order valence-corrected chi connectivity index (χ4v) is 3.29. The standard InChI is InChI=1S/C18H29NO2/c1-14-4-6-17(7-5-14)12-21-13-18(20)11-19-9-15(2)8-16(3)10-19/h4-7,15-16,18,20H,8-13H2,1-3H3/t15-,16+,18-/m1/s1. The minimum Gasteiger partial charge on any atom is -0.389 e. The first-order valence-corrected chi connectivity index (χ1v) is 8.06. The van der Waals surface area contributed by atoms with Gasteiger partial charge in [0.15, 0.2) is 0 Å². The Balaban J connectivity index is 1.67. The number of hydrogen-bond donors (Lipinski definition) is 1. The number of ether oxygens (including phenoxy) is 1. The van der Waals surface area contributed by atoms with Gasteiger partial charge in [-0.1, -0.05) is 43.7 Å². The highest BCUT2D eigenvalue weighted by Crippen LogP contribution is 2.20. The van der Waals surface area contributed by atoms with Crippen molar-refractivity contribution in [3.63, 3.8) is 0 Å². The SMILES string of the molecule is Cc1ccc(COC[C@H](O)CN2C[C@H](C)C[C@H](C)C2)cc1. The third-order valence-electron chi connectivity index (χ3n) is 4.11. The van der Waals surface area contributed by atoms with Crippen LogP contribution in [-0.2, 0) is 11.3 Å². The molecule has 21 heavy (non-hydrogen) atoms. The van der Waals surface area contributed by atoms with Gasteiger partial charge in [0.1, 0.15) is 0 Å². The predicted octanol–water partition coefficient (Wildman–Crippen LogP) is 2.85. The van der Waals surface area contributed by atoms with E-state index in [2.05, 4.69) is 49.9 Å². The number of benzene rings is 1. The molecule has 0 saturated carbocycles. The molecule has 2 rings (SSSR count). The Kier molecular flexibility index (Phi) is 6.22. The van der Waals surface area contributed by atoms with Crippen molar-refractivity contribution in [3.05, 3.63) is 35.4 Å². The lowest BCUT2D eigenvalue weighted by molar-refractivity contribution is -0.000895. The number of β-amino-alcohol motifs (C(OH)–C–C–N with tert-alkyl or cyclic N) is 1. The van der Waals surface area contributed by atoms with Gasteiger partial charge in [-0.2, -0.15) is 0 Å². The fourth-order valence-electron chi connectivity index (χ4n) is 3.29. The largest absolute Gasteiger partial charge is 0.389 e. The summed E-state index contributed by atoms with van der Waals surface area (Å²) in [6, 6.07) is 8.34. The van der Waals surface area contributed by atoms with E-state index in [0.717, 1.165) is 37.0 Å². The highest BCUT2D eigenvalue weighted by atomic mass is 16.5. The molecular weight excluding hydrogens is 262 g/mol. The number of hydrogen-bond acceptors (Lipinski definition) is 3. The van der Waals surface area contributed by atoms with Crippen molar-refractivity contribution in [3.8, 4) is 0 Å². The van der Waals surface area contributed by atoms with Gasteiger partial charge in [0.25, 0.3) is 0 Å². The van der Waals surface area contributed by atoms with Crippen LogP contribution in [0.15, 0.2) is 24.3 Å². The van der Waals surface area contributed by atoms with Crippen LogP contribution >= 0.6 is 0 Å². The Hall–Kier alpha value is -0.900. The monoisotopic (exact) mass is 291 g/mol. The second-order valence-corrected chi connectivity index (χ2v) is 6.82. The predicted molar refractivity (Wildman–Crippen MR) is 86.2 cm³/mol. The zero-order valence-electron chi connectivity index (χ0n) is 13.6. The molecule has 0 spiro atoms. The van der Waals surface area contributed by atoms with E-state index in [-0.39, 0.29) is 0 Å². The van der Waals surface area contributed by atoms with Crippen molar-refractivity contribution in [2.45, 2.75) is 39.9 Å². The molecule has 0 unspecified atom stereocenters. The van der Waals surface area contributed by atoms with Crippen LogP contribution in [0.1, 0.15) is 31.4 Å². The lowest BCUT2D eigenvalue weighted by atomic mass is 9.92. The highest BCUT2D eigenvalue weighted by Gasteiger charge is 2.23. The average Bonchev–Trinajstić information content (AvgIpc) is 2.39. The number of likely N-dealkylation sites (tertiary alicyclic amines) is 1. The van der Waals surface area contributed by atoms with Gasteiger partial charge >= 0.3 is 0 Å². The topological polar surface area (TPSA) is 32.7 Å². The van der Waals surface area contributed by atoms with Gasteiger partial charge in [0, 0.05) is 19.6 Å². The van der Waals surface area contributed by atoms with Crippen LogP contribution < -0.4 is 0 Å². The first-order chi connectivity index (χ1) is 10.0. The second-order valence-electron chi connectivity index (χ2n) is 6.82. The molecule has 1 fully saturated rings. The molecule has 118 valence electrons. The van der Waals surface area contributed by atoms with Gasteiger partial charge in [-0.25, -0.2) is 0 Å². The number of aliphatic hydroxyl groups is 1. The third-order valence-corrected chi connectivity index (χ3v) is 4.11. The van der Waals surface area contributed by atoms with E-state index in [1.165, 1.54) is 12.0 Å². The van der Waals surface area contributed by atoms with Gasteiger partial charge in [-0.3, -0.25) is 0 Å². The molecule has 0 amide bonds. The molecule has 1 aromatic rings. The smallest absolute Gasteiger partial charge is 0.0900 e. The van der Waals surface area contributed by atoms with Crippen molar-refractivity contribution in [2.24, 2.45) is 11.8 Å². The van der Waals surface area contributed by atoms with Crippen molar-refractivity contribution >= 4 is 0 Å². The van der Waals surface area contributed by atoms with Crippen LogP contribution in [0.4, 0.5) is 0 Å². The zero-order valence-corrected chi connectivity index (χ0v) is 13.6. The normalized spacial score (nSPS) is 25.0. The summed E-state index contributed by atoms with van der Waals surface area (Å²) in [4.78, 5) is 2.37. The van der Waals surface area contributed by atoms with Crippen molar-refractivity contribution in [2.75, 3.05) is 26.2 Å². The minimum absolute atomic E-state index is 0.395. The maximum Gasteiger partial charge on any atom is 0.0900 e. The van der Waals surface area contributed by atoms with Crippen molar-refractivity contribution in [1.29, 1.82) is 0 Å². The summed E-state index contributed by atoms with van der Waals surface area (Å²) in [5.41, 5.74) is 2.42. The van der Waals surface area contributed by atoms with E-state index >= 15 is 0 Å². The Morgan fingerprint density at radius 3 is 2.43 bits per heavy atom. The van der Waals surface area contributed by atoms with Gasteiger partial charge < -0.3 is 14.7 Å². The van der Waals surface area contributed by atoms with Crippen LogP contribution in [-0.4, -0.2) is 42.4 Å². The first kappa shape index (κ1) is 16.5. The molecule has 0 aromatic heterocycles. The number of aryl methyl sites for hydroxylation is 1. The molecule has 1 aromatic carbocycles. The van der Waals surface area contributed by atoms with Crippen LogP contribution in [0.5, 0.6) is 0 Å². The molecule has 3 heteroatoms. The van der Waals surface area contributed by atoms with Crippen LogP contribution in [0.25, 0.3) is 0 Å². The molecule has 3 atom stereocenters. The summed E-state index contributed by atoms with van der Waals surface area (Å²) in [5, 5.41) is 10.1. The quantitative estimate of drug-likeness (QED) is 0.875. The summed E-state index contributed by atoms with van der Waals surface area (Å²) in [6.45, 7) is 10.6. The molecule has 3 nitrogen and oxygen atoms in total. The lowest BCUT2D eigenvalue weighted by Gasteiger charge is -2.35. The Morgan fingerprint density at radius 2 is 1.81 bits per heavy atom. The molecule has 1 heterocycles. The van der Waals surface area contributed by atoms with E-state index in [1.54, 1.807) is 0 Å². The van der Waals surface area contributed by atoms with Crippen molar-refractivity contribution in [1.82, 2.24) is 4.90 Å². The first-order valence-electron chi connectivity index (χ1n) is 8.06. The van der Waals surface area contributed by atoms with E-state index in [9.17, 15) is 5.11 Å². The molecule has 1 N–H and O–H groups in total. The Bertz CT molecular complexity index is 408. The number of piperidine rings is 1. The number of nitrogens with zero attached hydrogens (tertiary/aromatic N) is 1. The maximum atomic E-state index is 10.1. The van der Waals surface area contributed by atoms with Crippen LogP contribution in [0.2, 0.25) is 0 Å². The molecule has 1 saturated heterocycles. The number of rotatable bonds is 6. The Labute approximate surface area is 128 Å². The molecule has 0 aliphatic carbocycles. The van der Waals surface area contributed by atoms with Gasteiger partial charge in [0.05, 0.1) is 19.3 Å². The average molecular weight is 291 g/mol. The van der Waals surface area contributed by atoms with Gasteiger partial charge in [-0.05, 0) is 30.7 Å². The Morgan fingerprint density at radius 1 is 1.19 bits per heavy atom. The van der Waals surface area contributed by atoms with Gasteiger partial charge in [-0.15, -0.1) is 0 Å². The number of aliphatic hydroxyl groups excluding tert-OH is 1. The molecule has 1 aliphatic heterocycles. The summed E-state index contributed by atoms with van der Waals surface area (Å²) in [6.07, 6.45) is 0.907. The van der Waals surface area contributed by atoms with E-state index in [1.807, 2.05) is 0 Å². The van der Waals surface area contributed by atoms with E-state index < -0.39 is 6.10 Å². The molecule has 0 radical (unpaired) electrons.